The second-order valence-corrected chi connectivity index (χ2v) is 5.39. The van der Waals surface area contributed by atoms with Gasteiger partial charge >= 0.3 is 0 Å². The highest BCUT2D eigenvalue weighted by molar-refractivity contribution is 9.10. The normalized spacial score (nSPS) is 15.3. The van der Waals surface area contributed by atoms with Gasteiger partial charge in [0, 0.05) is 4.47 Å². The summed E-state index contributed by atoms with van der Waals surface area (Å²) in [5.74, 6) is 0.847. The molecule has 0 saturated carbocycles. The van der Waals surface area contributed by atoms with Crippen LogP contribution in [0.2, 0.25) is 0 Å². The third-order valence-electron chi connectivity index (χ3n) is 2.86. The van der Waals surface area contributed by atoms with Crippen molar-refractivity contribution in [1.82, 2.24) is 0 Å². The summed E-state index contributed by atoms with van der Waals surface area (Å²) < 4.78 is 1.10. The van der Waals surface area contributed by atoms with Crippen LogP contribution in [0.3, 0.4) is 0 Å². The number of halogens is 1. The van der Waals surface area contributed by atoms with Gasteiger partial charge in [0.15, 0.2) is 0 Å². The lowest BCUT2D eigenvalue weighted by atomic mass is 9.85. The standard InChI is InChI=1S/C13H19BrO/c1-9(2)13(10(3)15)8-11-4-6-12(14)7-5-11/h4-7,9-10,13,15H,8H2,1-3H3. The molecule has 0 bridgehead atoms. The van der Waals surface area contributed by atoms with Crippen LogP contribution in [0.5, 0.6) is 0 Å². The zero-order chi connectivity index (χ0) is 11.4. The van der Waals surface area contributed by atoms with Crippen molar-refractivity contribution < 1.29 is 5.11 Å². The SMILES string of the molecule is CC(C)C(Cc1ccc(Br)cc1)C(C)O. The van der Waals surface area contributed by atoms with E-state index in [0.29, 0.717) is 11.8 Å². The van der Waals surface area contributed by atoms with Crippen molar-refractivity contribution in [2.45, 2.75) is 33.3 Å². The lowest BCUT2D eigenvalue weighted by molar-refractivity contribution is 0.0977. The molecule has 0 fully saturated rings. The predicted octanol–water partition coefficient (Wildman–Crippen LogP) is 3.64. The molecule has 0 saturated heterocycles. The molecule has 2 heteroatoms. The molecule has 0 amide bonds. The van der Waals surface area contributed by atoms with Crippen LogP contribution in [-0.2, 0) is 6.42 Å². The molecule has 15 heavy (non-hydrogen) atoms. The molecule has 0 aliphatic carbocycles. The summed E-state index contributed by atoms with van der Waals surface area (Å²) >= 11 is 3.42. The monoisotopic (exact) mass is 270 g/mol. The van der Waals surface area contributed by atoms with E-state index in [1.165, 1.54) is 5.56 Å². The summed E-state index contributed by atoms with van der Waals surface area (Å²) in [6.07, 6.45) is 0.705. The zero-order valence-electron chi connectivity index (χ0n) is 9.57. The van der Waals surface area contributed by atoms with Gasteiger partial charge in [-0.05, 0) is 42.9 Å². The van der Waals surface area contributed by atoms with Gasteiger partial charge in [-0.2, -0.15) is 0 Å². The molecule has 0 aliphatic heterocycles. The minimum atomic E-state index is -0.242. The molecule has 2 atom stereocenters. The van der Waals surface area contributed by atoms with Crippen molar-refractivity contribution >= 4 is 15.9 Å². The summed E-state index contributed by atoms with van der Waals surface area (Å²) in [6, 6.07) is 8.33. The zero-order valence-corrected chi connectivity index (χ0v) is 11.2. The third kappa shape index (κ3) is 3.96. The summed E-state index contributed by atoms with van der Waals surface area (Å²) in [4.78, 5) is 0. The third-order valence-corrected chi connectivity index (χ3v) is 3.39. The van der Waals surface area contributed by atoms with Gasteiger partial charge in [-0.1, -0.05) is 41.9 Å². The molecule has 1 N–H and O–H groups in total. The number of benzene rings is 1. The maximum Gasteiger partial charge on any atom is 0.0545 e. The van der Waals surface area contributed by atoms with Crippen LogP contribution in [0.4, 0.5) is 0 Å². The molecular formula is C13H19BrO. The Hall–Kier alpha value is -0.340. The Labute approximate surface area is 101 Å². The molecular weight excluding hydrogens is 252 g/mol. The molecule has 0 aromatic heterocycles. The highest BCUT2D eigenvalue weighted by Gasteiger charge is 2.19. The number of aliphatic hydroxyl groups is 1. The number of aliphatic hydroxyl groups excluding tert-OH is 1. The predicted molar refractivity (Wildman–Crippen MR) is 67.9 cm³/mol. The first-order valence-electron chi connectivity index (χ1n) is 5.43. The van der Waals surface area contributed by atoms with Gasteiger partial charge < -0.3 is 5.11 Å². The van der Waals surface area contributed by atoms with Crippen LogP contribution < -0.4 is 0 Å². The van der Waals surface area contributed by atoms with E-state index in [-0.39, 0.29) is 6.10 Å². The van der Waals surface area contributed by atoms with Gasteiger partial charge in [-0.25, -0.2) is 0 Å². The molecule has 84 valence electrons. The first-order chi connectivity index (χ1) is 7.00. The topological polar surface area (TPSA) is 20.2 Å². The molecule has 0 spiro atoms. The lowest BCUT2D eigenvalue weighted by Crippen LogP contribution is -2.24. The number of hydrogen-bond donors (Lipinski definition) is 1. The minimum Gasteiger partial charge on any atom is -0.393 e. The Kier molecular flexibility index (Phi) is 4.81. The first kappa shape index (κ1) is 12.7. The van der Waals surface area contributed by atoms with E-state index < -0.39 is 0 Å². The summed E-state index contributed by atoms with van der Waals surface area (Å²) in [7, 11) is 0. The van der Waals surface area contributed by atoms with Crippen molar-refractivity contribution in [1.29, 1.82) is 0 Å². The fourth-order valence-corrected chi connectivity index (χ4v) is 2.12. The highest BCUT2D eigenvalue weighted by Crippen LogP contribution is 2.21. The molecule has 0 radical (unpaired) electrons. The largest absolute Gasteiger partial charge is 0.393 e. The lowest BCUT2D eigenvalue weighted by Gasteiger charge is -2.23. The maximum atomic E-state index is 9.69. The molecule has 2 unspecified atom stereocenters. The van der Waals surface area contributed by atoms with Crippen LogP contribution in [0.1, 0.15) is 26.3 Å². The van der Waals surface area contributed by atoms with Crippen molar-refractivity contribution in [2.24, 2.45) is 11.8 Å². The van der Waals surface area contributed by atoms with Crippen molar-refractivity contribution in [3.8, 4) is 0 Å². The summed E-state index contributed by atoms with van der Waals surface area (Å²) in [5, 5.41) is 9.69. The van der Waals surface area contributed by atoms with Crippen LogP contribution in [0.15, 0.2) is 28.7 Å². The van der Waals surface area contributed by atoms with E-state index in [0.717, 1.165) is 10.9 Å². The van der Waals surface area contributed by atoms with E-state index in [1.54, 1.807) is 0 Å². The van der Waals surface area contributed by atoms with E-state index in [2.05, 4.69) is 54.0 Å². The molecule has 0 aliphatic rings. The van der Waals surface area contributed by atoms with Gasteiger partial charge in [0.1, 0.15) is 0 Å². The summed E-state index contributed by atoms with van der Waals surface area (Å²) in [6.45, 7) is 6.20. The van der Waals surface area contributed by atoms with Gasteiger partial charge in [0.25, 0.3) is 0 Å². The van der Waals surface area contributed by atoms with Gasteiger partial charge in [0.05, 0.1) is 6.10 Å². The maximum absolute atomic E-state index is 9.69. The van der Waals surface area contributed by atoms with Crippen molar-refractivity contribution in [3.05, 3.63) is 34.3 Å². The first-order valence-corrected chi connectivity index (χ1v) is 6.22. The van der Waals surface area contributed by atoms with E-state index >= 15 is 0 Å². The molecule has 1 nitrogen and oxygen atoms in total. The van der Waals surface area contributed by atoms with Crippen LogP contribution >= 0.6 is 15.9 Å². The Morgan fingerprint density at radius 1 is 1.13 bits per heavy atom. The Morgan fingerprint density at radius 3 is 2.07 bits per heavy atom. The second-order valence-electron chi connectivity index (χ2n) is 4.48. The fraction of sp³-hybridized carbons (Fsp3) is 0.538. The van der Waals surface area contributed by atoms with Crippen molar-refractivity contribution in [2.75, 3.05) is 0 Å². The van der Waals surface area contributed by atoms with Gasteiger partial charge in [-0.3, -0.25) is 0 Å². The quantitative estimate of drug-likeness (QED) is 0.886. The average molecular weight is 271 g/mol. The average Bonchev–Trinajstić information content (AvgIpc) is 2.15. The highest BCUT2D eigenvalue weighted by atomic mass is 79.9. The Morgan fingerprint density at radius 2 is 1.67 bits per heavy atom. The van der Waals surface area contributed by atoms with Crippen LogP contribution in [-0.4, -0.2) is 11.2 Å². The Bertz CT molecular complexity index is 282. The molecule has 1 aromatic carbocycles. The van der Waals surface area contributed by atoms with E-state index in [4.69, 9.17) is 0 Å². The number of hydrogen-bond acceptors (Lipinski definition) is 1. The number of rotatable bonds is 4. The second kappa shape index (κ2) is 5.66. The molecule has 0 heterocycles. The van der Waals surface area contributed by atoms with Crippen LogP contribution in [0.25, 0.3) is 0 Å². The molecule has 1 rings (SSSR count). The molecule has 1 aromatic rings. The van der Waals surface area contributed by atoms with E-state index in [9.17, 15) is 5.11 Å². The fourth-order valence-electron chi connectivity index (χ4n) is 1.86. The van der Waals surface area contributed by atoms with Crippen LogP contribution in [0, 0.1) is 11.8 Å². The van der Waals surface area contributed by atoms with Gasteiger partial charge in [-0.15, -0.1) is 0 Å². The van der Waals surface area contributed by atoms with Crippen molar-refractivity contribution in [3.63, 3.8) is 0 Å². The smallest absolute Gasteiger partial charge is 0.0545 e. The Balaban J connectivity index is 2.70. The van der Waals surface area contributed by atoms with E-state index in [1.807, 2.05) is 6.92 Å². The van der Waals surface area contributed by atoms with Gasteiger partial charge in [0.2, 0.25) is 0 Å². The summed E-state index contributed by atoms with van der Waals surface area (Å²) in [5.41, 5.74) is 1.29. The minimum absolute atomic E-state index is 0.242.